The van der Waals surface area contributed by atoms with Gasteiger partial charge in [-0.05, 0) is 82.9 Å². The summed E-state index contributed by atoms with van der Waals surface area (Å²) >= 11 is 0. The summed E-state index contributed by atoms with van der Waals surface area (Å²) < 4.78 is 5.34. The molecule has 2 N–H and O–H groups in total. The predicted octanol–water partition coefficient (Wildman–Crippen LogP) is 5.20. The van der Waals surface area contributed by atoms with Gasteiger partial charge in [0, 0.05) is 17.8 Å². The van der Waals surface area contributed by atoms with Gasteiger partial charge < -0.3 is 15.4 Å². The van der Waals surface area contributed by atoms with Crippen LogP contribution in [0.5, 0.6) is 0 Å². The standard InChI is InChI=1S/C21H32N2O2/c1-21(2,3)25-20(24)23-19-13-11-18(12-14-19)22-17-9-7-16(8-10-17)15-5-4-6-15/h7-10,15,18-19,22H,4-6,11-14H2,1-3H3,(H,23,24). The molecular weight excluding hydrogens is 312 g/mol. The average Bonchev–Trinajstić information content (AvgIpc) is 2.47. The van der Waals surface area contributed by atoms with Gasteiger partial charge in [-0.1, -0.05) is 18.6 Å². The average molecular weight is 344 g/mol. The van der Waals surface area contributed by atoms with Gasteiger partial charge in [-0.3, -0.25) is 0 Å². The van der Waals surface area contributed by atoms with Crippen molar-refractivity contribution in [1.29, 1.82) is 0 Å². The molecule has 0 unspecified atom stereocenters. The maximum Gasteiger partial charge on any atom is 0.407 e. The Labute approximate surface area is 151 Å². The number of alkyl carbamates (subject to hydrolysis) is 1. The first-order valence-electron chi connectivity index (χ1n) is 9.75. The van der Waals surface area contributed by atoms with Crippen molar-refractivity contribution in [3.05, 3.63) is 29.8 Å². The van der Waals surface area contributed by atoms with Crippen LogP contribution in [0.1, 0.15) is 77.2 Å². The molecule has 1 aromatic rings. The molecule has 4 nitrogen and oxygen atoms in total. The molecule has 0 saturated heterocycles. The Kier molecular flexibility index (Phi) is 5.55. The van der Waals surface area contributed by atoms with E-state index in [1.54, 1.807) is 0 Å². The van der Waals surface area contributed by atoms with Crippen LogP contribution in [0.4, 0.5) is 10.5 Å². The molecule has 0 radical (unpaired) electrons. The van der Waals surface area contributed by atoms with Gasteiger partial charge in [0.15, 0.2) is 0 Å². The molecule has 2 aliphatic carbocycles. The predicted molar refractivity (Wildman–Crippen MR) is 102 cm³/mol. The Morgan fingerprint density at radius 2 is 1.56 bits per heavy atom. The molecule has 3 rings (SSSR count). The van der Waals surface area contributed by atoms with E-state index in [0.717, 1.165) is 31.6 Å². The highest BCUT2D eigenvalue weighted by Gasteiger charge is 2.25. The van der Waals surface area contributed by atoms with Crippen molar-refractivity contribution < 1.29 is 9.53 Å². The lowest BCUT2D eigenvalue weighted by molar-refractivity contribution is 0.0492. The van der Waals surface area contributed by atoms with E-state index in [-0.39, 0.29) is 12.1 Å². The third kappa shape index (κ3) is 5.38. The fraction of sp³-hybridized carbons (Fsp3) is 0.667. The van der Waals surface area contributed by atoms with E-state index in [4.69, 9.17) is 4.74 Å². The molecule has 0 heterocycles. The summed E-state index contributed by atoms with van der Waals surface area (Å²) in [6.45, 7) is 5.68. The van der Waals surface area contributed by atoms with Crippen molar-refractivity contribution in [2.75, 3.05) is 5.32 Å². The number of amides is 1. The molecule has 0 aromatic heterocycles. The van der Waals surface area contributed by atoms with Crippen molar-refractivity contribution >= 4 is 11.8 Å². The van der Waals surface area contributed by atoms with Gasteiger partial charge in [0.2, 0.25) is 0 Å². The van der Waals surface area contributed by atoms with Gasteiger partial charge in [-0.15, -0.1) is 0 Å². The number of carbonyl (C=O) groups is 1. The summed E-state index contributed by atoms with van der Waals surface area (Å²) in [7, 11) is 0. The Morgan fingerprint density at radius 1 is 0.960 bits per heavy atom. The number of hydrogen-bond acceptors (Lipinski definition) is 3. The van der Waals surface area contributed by atoms with Crippen molar-refractivity contribution in [3.8, 4) is 0 Å². The molecule has 4 heteroatoms. The molecule has 1 aromatic carbocycles. The van der Waals surface area contributed by atoms with Gasteiger partial charge in [0.1, 0.15) is 5.60 Å². The van der Waals surface area contributed by atoms with Gasteiger partial charge >= 0.3 is 6.09 Å². The number of benzene rings is 1. The summed E-state index contributed by atoms with van der Waals surface area (Å²) in [6, 6.07) is 9.72. The van der Waals surface area contributed by atoms with Crippen molar-refractivity contribution in [3.63, 3.8) is 0 Å². The van der Waals surface area contributed by atoms with Crippen molar-refractivity contribution in [2.45, 2.75) is 89.3 Å². The molecule has 0 atom stereocenters. The van der Waals surface area contributed by atoms with Crippen LogP contribution in [0, 0.1) is 0 Å². The fourth-order valence-electron chi connectivity index (χ4n) is 3.69. The smallest absolute Gasteiger partial charge is 0.407 e. The van der Waals surface area contributed by atoms with Crippen LogP contribution in [-0.4, -0.2) is 23.8 Å². The van der Waals surface area contributed by atoms with Crippen LogP contribution in [0.15, 0.2) is 24.3 Å². The van der Waals surface area contributed by atoms with Crippen molar-refractivity contribution in [1.82, 2.24) is 5.32 Å². The summed E-state index contributed by atoms with van der Waals surface area (Å²) in [6.07, 6.45) is 7.92. The van der Waals surface area contributed by atoms with Crippen LogP contribution in [0.25, 0.3) is 0 Å². The number of ether oxygens (including phenoxy) is 1. The topological polar surface area (TPSA) is 50.4 Å². The summed E-state index contributed by atoms with van der Waals surface area (Å²) in [5.41, 5.74) is 2.27. The highest BCUT2D eigenvalue weighted by molar-refractivity contribution is 5.68. The Bertz CT molecular complexity index is 565. The van der Waals surface area contributed by atoms with Gasteiger partial charge in [-0.2, -0.15) is 0 Å². The second kappa shape index (κ2) is 7.67. The molecule has 0 aliphatic heterocycles. The third-order valence-electron chi connectivity index (χ3n) is 5.31. The zero-order chi connectivity index (χ0) is 17.9. The zero-order valence-corrected chi connectivity index (χ0v) is 15.8. The molecule has 25 heavy (non-hydrogen) atoms. The van der Waals surface area contributed by atoms with Gasteiger partial charge in [-0.25, -0.2) is 4.79 Å². The maximum atomic E-state index is 11.9. The van der Waals surface area contributed by atoms with E-state index < -0.39 is 5.60 Å². The number of anilines is 1. The molecule has 2 aliphatic rings. The first kappa shape index (κ1) is 18.1. The quantitative estimate of drug-likeness (QED) is 0.789. The zero-order valence-electron chi connectivity index (χ0n) is 15.8. The molecule has 2 fully saturated rings. The molecular formula is C21H32N2O2. The maximum absolute atomic E-state index is 11.9. The van der Waals surface area contributed by atoms with Gasteiger partial charge in [0.05, 0.1) is 0 Å². The molecule has 0 bridgehead atoms. The second-order valence-corrected chi connectivity index (χ2v) is 8.59. The minimum Gasteiger partial charge on any atom is -0.444 e. The molecule has 1 amide bonds. The van der Waals surface area contributed by atoms with Crippen LogP contribution in [0.3, 0.4) is 0 Å². The highest BCUT2D eigenvalue weighted by Crippen LogP contribution is 2.36. The Hall–Kier alpha value is -1.71. The number of nitrogens with one attached hydrogen (secondary N) is 2. The minimum absolute atomic E-state index is 0.230. The molecule has 2 saturated carbocycles. The van der Waals surface area contributed by atoms with Crippen LogP contribution < -0.4 is 10.6 Å². The van der Waals surface area contributed by atoms with E-state index in [2.05, 4.69) is 34.9 Å². The van der Waals surface area contributed by atoms with Crippen LogP contribution >= 0.6 is 0 Å². The summed E-state index contributed by atoms with van der Waals surface area (Å²) in [5.74, 6) is 0.795. The minimum atomic E-state index is -0.436. The lowest BCUT2D eigenvalue weighted by Crippen LogP contribution is -2.42. The lowest BCUT2D eigenvalue weighted by atomic mass is 9.80. The monoisotopic (exact) mass is 344 g/mol. The Balaban J connectivity index is 1.41. The molecule has 138 valence electrons. The third-order valence-corrected chi connectivity index (χ3v) is 5.31. The van der Waals surface area contributed by atoms with E-state index in [1.165, 1.54) is 30.5 Å². The molecule has 0 spiro atoms. The van der Waals surface area contributed by atoms with E-state index in [9.17, 15) is 4.79 Å². The number of carbonyl (C=O) groups excluding carboxylic acids is 1. The number of rotatable bonds is 4. The first-order valence-corrected chi connectivity index (χ1v) is 9.75. The highest BCUT2D eigenvalue weighted by atomic mass is 16.6. The van der Waals surface area contributed by atoms with Gasteiger partial charge in [0.25, 0.3) is 0 Å². The lowest BCUT2D eigenvalue weighted by Gasteiger charge is -2.31. The normalized spacial score (nSPS) is 24.3. The SMILES string of the molecule is CC(C)(C)OC(=O)NC1CCC(Nc2ccc(C3CCC3)cc2)CC1. The van der Waals surface area contributed by atoms with E-state index in [1.807, 2.05) is 20.8 Å². The number of hydrogen-bond donors (Lipinski definition) is 2. The summed E-state index contributed by atoms with van der Waals surface area (Å²) in [5, 5.41) is 6.65. The second-order valence-electron chi connectivity index (χ2n) is 8.59. The van der Waals surface area contributed by atoms with Crippen LogP contribution in [-0.2, 0) is 4.74 Å². The first-order chi connectivity index (χ1) is 11.9. The Morgan fingerprint density at radius 3 is 2.08 bits per heavy atom. The van der Waals surface area contributed by atoms with Crippen LogP contribution in [0.2, 0.25) is 0 Å². The van der Waals surface area contributed by atoms with E-state index in [0.29, 0.717) is 6.04 Å². The largest absolute Gasteiger partial charge is 0.444 e. The van der Waals surface area contributed by atoms with E-state index >= 15 is 0 Å². The fourth-order valence-corrected chi connectivity index (χ4v) is 3.69. The summed E-state index contributed by atoms with van der Waals surface area (Å²) in [4.78, 5) is 11.9. The van der Waals surface area contributed by atoms with Crippen molar-refractivity contribution in [2.24, 2.45) is 0 Å².